The molecule has 0 aliphatic carbocycles. The first kappa shape index (κ1) is 22.4. The second kappa shape index (κ2) is 10.1. The van der Waals surface area contributed by atoms with Crippen molar-refractivity contribution in [2.75, 3.05) is 30.8 Å². The zero-order valence-electron chi connectivity index (χ0n) is 16.6. The first-order valence-electron chi connectivity index (χ1n) is 9.29. The average molecular weight is 407 g/mol. The second-order valence-electron chi connectivity index (χ2n) is 6.65. The van der Waals surface area contributed by atoms with E-state index in [0.717, 1.165) is 41.8 Å². The van der Waals surface area contributed by atoms with Crippen LogP contribution in [0, 0.1) is 17.5 Å². The Labute approximate surface area is 167 Å². The number of nitrogens with zero attached hydrogens (tertiary/aromatic N) is 1. The molecule has 0 aliphatic rings. The molecular weight excluding hydrogens is 383 g/mol. The number of carbonyl (C=O) groups excluding carboxylic acids is 2. The first-order valence-corrected chi connectivity index (χ1v) is 9.29. The third kappa shape index (κ3) is 5.80. The number of carbonyl (C=O) groups is 2. The third-order valence-electron chi connectivity index (χ3n) is 4.40. The average Bonchev–Trinajstić information content (AvgIpc) is 2.68. The Kier molecular flexibility index (Phi) is 7.78. The molecule has 0 aromatic heterocycles. The van der Waals surface area contributed by atoms with E-state index in [9.17, 15) is 22.8 Å². The normalized spacial score (nSPS) is 10.9. The van der Waals surface area contributed by atoms with Gasteiger partial charge in [0.2, 0.25) is 11.8 Å². The number of aryl methyl sites for hydroxylation is 2. The number of hydrogen-bond donors (Lipinski definition) is 2. The molecule has 2 rings (SSSR count). The van der Waals surface area contributed by atoms with Crippen LogP contribution in [0.25, 0.3) is 0 Å². The molecule has 0 unspecified atom stereocenters. The lowest BCUT2D eigenvalue weighted by atomic mass is 10.0. The molecule has 0 bridgehead atoms. The summed E-state index contributed by atoms with van der Waals surface area (Å²) in [6.07, 6.45) is 1.53. The Balaban J connectivity index is 1.95. The number of likely N-dealkylation sites (N-methyl/N-ethyl adjacent to an activating group) is 1. The van der Waals surface area contributed by atoms with E-state index in [1.165, 1.54) is 4.90 Å². The molecule has 2 N–H and O–H groups in total. The predicted octanol–water partition coefficient (Wildman–Crippen LogP) is 3.74. The maximum absolute atomic E-state index is 13.6. The van der Waals surface area contributed by atoms with Crippen molar-refractivity contribution in [2.24, 2.45) is 0 Å². The summed E-state index contributed by atoms with van der Waals surface area (Å²) in [4.78, 5) is 25.9. The minimum atomic E-state index is -1.66. The van der Waals surface area contributed by atoms with E-state index >= 15 is 0 Å². The molecule has 0 fully saturated rings. The molecule has 8 heteroatoms. The van der Waals surface area contributed by atoms with E-state index in [1.54, 1.807) is 7.05 Å². The summed E-state index contributed by atoms with van der Waals surface area (Å²) in [6.45, 7) is 3.69. The molecule has 0 aliphatic heterocycles. The minimum absolute atomic E-state index is 0.0745. The van der Waals surface area contributed by atoms with Crippen LogP contribution in [0.4, 0.5) is 24.5 Å². The quantitative estimate of drug-likeness (QED) is 0.656. The van der Waals surface area contributed by atoms with Crippen LogP contribution in [0.5, 0.6) is 0 Å². The summed E-state index contributed by atoms with van der Waals surface area (Å²) in [5.41, 5.74) is 2.36. The smallest absolute Gasteiger partial charge is 0.238 e. The van der Waals surface area contributed by atoms with Gasteiger partial charge in [0.15, 0.2) is 17.5 Å². The lowest BCUT2D eigenvalue weighted by Crippen LogP contribution is -2.36. The minimum Gasteiger partial charge on any atom is -0.324 e. The van der Waals surface area contributed by atoms with E-state index in [4.69, 9.17) is 0 Å². The van der Waals surface area contributed by atoms with Crippen LogP contribution >= 0.6 is 0 Å². The van der Waals surface area contributed by atoms with Crippen LogP contribution in [-0.2, 0) is 22.4 Å². The van der Waals surface area contributed by atoms with Crippen molar-refractivity contribution in [1.82, 2.24) is 4.90 Å². The lowest BCUT2D eigenvalue weighted by Gasteiger charge is -2.18. The summed E-state index contributed by atoms with van der Waals surface area (Å²) in [6, 6.07) is 7.50. The van der Waals surface area contributed by atoms with Crippen LogP contribution in [-0.4, -0.2) is 36.9 Å². The van der Waals surface area contributed by atoms with Crippen LogP contribution in [0.1, 0.15) is 25.0 Å². The highest BCUT2D eigenvalue weighted by molar-refractivity contribution is 5.95. The number of nitrogens with one attached hydrogen (secondary N) is 2. The molecule has 0 saturated carbocycles. The van der Waals surface area contributed by atoms with Gasteiger partial charge in [-0.15, -0.1) is 0 Å². The van der Waals surface area contributed by atoms with Crippen LogP contribution in [0.3, 0.4) is 0 Å². The van der Waals surface area contributed by atoms with Crippen LogP contribution < -0.4 is 10.6 Å². The fraction of sp³-hybridized carbons (Fsp3) is 0.333. The monoisotopic (exact) mass is 407 g/mol. The van der Waals surface area contributed by atoms with Gasteiger partial charge in [0.1, 0.15) is 0 Å². The van der Waals surface area contributed by atoms with Gasteiger partial charge in [-0.25, -0.2) is 13.2 Å². The molecule has 5 nitrogen and oxygen atoms in total. The van der Waals surface area contributed by atoms with E-state index in [2.05, 4.69) is 10.6 Å². The summed E-state index contributed by atoms with van der Waals surface area (Å²) >= 11 is 0. The van der Waals surface area contributed by atoms with Crippen molar-refractivity contribution in [3.63, 3.8) is 0 Å². The molecule has 2 amide bonds. The Morgan fingerprint density at radius 1 is 0.862 bits per heavy atom. The van der Waals surface area contributed by atoms with Crippen molar-refractivity contribution in [2.45, 2.75) is 26.7 Å². The van der Waals surface area contributed by atoms with Gasteiger partial charge in [0, 0.05) is 5.69 Å². The lowest BCUT2D eigenvalue weighted by molar-refractivity contribution is -0.119. The molecular formula is C21H24F3N3O2. The Bertz CT molecular complexity index is 881. The maximum atomic E-state index is 13.6. The number of hydrogen-bond acceptors (Lipinski definition) is 3. The van der Waals surface area contributed by atoms with Gasteiger partial charge in [-0.2, -0.15) is 0 Å². The van der Waals surface area contributed by atoms with Crippen LogP contribution in [0.2, 0.25) is 0 Å². The van der Waals surface area contributed by atoms with Crippen molar-refractivity contribution >= 4 is 23.2 Å². The maximum Gasteiger partial charge on any atom is 0.238 e. The molecule has 29 heavy (non-hydrogen) atoms. The third-order valence-corrected chi connectivity index (χ3v) is 4.40. The van der Waals surface area contributed by atoms with Gasteiger partial charge in [-0.1, -0.05) is 32.0 Å². The van der Waals surface area contributed by atoms with Gasteiger partial charge >= 0.3 is 0 Å². The zero-order valence-corrected chi connectivity index (χ0v) is 16.6. The molecule has 2 aromatic rings. The number of benzene rings is 2. The van der Waals surface area contributed by atoms with Crippen molar-refractivity contribution in [1.29, 1.82) is 0 Å². The molecule has 2 aromatic carbocycles. The molecule has 0 saturated heterocycles. The Morgan fingerprint density at radius 2 is 1.41 bits per heavy atom. The number of para-hydroxylation sites is 1. The van der Waals surface area contributed by atoms with Crippen molar-refractivity contribution in [3.05, 3.63) is 58.9 Å². The molecule has 156 valence electrons. The SMILES string of the molecule is CCc1cccc(CC)c1NC(=O)CN(C)CC(=O)Nc1ccc(F)c(F)c1F. The van der Waals surface area contributed by atoms with Gasteiger partial charge in [-0.3, -0.25) is 14.5 Å². The standard InChI is InChI=1S/C21H24F3N3O2/c1-4-13-7-6-8-14(5-2)21(13)26-18(29)12-27(3)11-17(28)25-16-10-9-15(22)19(23)20(16)24/h6-10H,4-5,11-12H2,1-3H3,(H,25,28)(H,26,29). The Hall–Kier alpha value is -2.87. The highest BCUT2D eigenvalue weighted by Crippen LogP contribution is 2.22. The first-order chi connectivity index (χ1) is 13.8. The van der Waals surface area contributed by atoms with E-state index in [-0.39, 0.29) is 19.0 Å². The topological polar surface area (TPSA) is 61.4 Å². The largest absolute Gasteiger partial charge is 0.324 e. The van der Waals surface area contributed by atoms with Gasteiger partial charge in [-0.05, 0) is 43.1 Å². The van der Waals surface area contributed by atoms with E-state index < -0.39 is 29.0 Å². The Morgan fingerprint density at radius 3 is 1.97 bits per heavy atom. The predicted molar refractivity (Wildman–Crippen MR) is 106 cm³/mol. The summed E-state index contributed by atoms with van der Waals surface area (Å²) in [5, 5.41) is 5.07. The van der Waals surface area contributed by atoms with E-state index in [0.29, 0.717) is 0 Å². The molecule has 0 heterocycles. The number of amides is 2. The molecule has 0 radical (unpaired) electrons. The van der Waals surface area contributed by atoms with Gasteiger partial charge < -0.3 is 10.6 Å². The number of rotatable bonds is 8. The summed E-state index contributed by atoms with van der Waals surface area (Å²) < 4.78 is 39.8. The summed E-state index contributed by atoms with van der Waals surface area (Å²) in [5.74, 6) is -5.42. The van der Waals surface area contributed by atoms with Gasteiger partial charge in [0.05, 0.1) is 18.8 Å². The fourth-order valence-electron chi connectivity index (χ4n) is 2.94. The van der Waals surface area contributed by atoms with Gasteiger partial charge in [0.25, 0.3) is 0 Å². The number of anilines is 2. The molecule has 0 spiro atoms. The zero-order chi connectivity index (χ0) is 21.6. The highest BCUT2D eigenvalue weighted by Gasteiger charge is 2.17. The number of halogens is 3. The van der Waals surface area contributed by atoms with Crippen molar-refractivity contribution < 1.29 is 22.8 Å². The second-order valence-corrected chi connectivity index (χ2v) is 6.65. The van der Waals surface area contributed by atoms with E-state index in [1.807, 2.05) is 32.0 Å². The fourth-order valence-corrected chi connectivity index (χ4v) is 2.94. The summed E-state index contributed by atoms with van der Waals surface area (Å²) in [7, 11) is 1.55. The van der Waals surface area contributed by atoms with Crippen LogP contribution in [0.15, 0.2) is 30.3 Å². The molecule has 0 atom stereocenters. The highest BCUT2D eigenvalue weighted by atomic mass is 19.2. The van der Waals surface area contributed by atoms with Crippen molar-refractivity contribution in [3.8, 4) is 0 Å².